The van der Waals surface area contributed by atoms with Crippen molar-refractivity contribution in [3.05, 3.63) is 53.6 Å². The highest BCUT2D eigenvalue weighted by molar-refractivity contribution is 8.00. The van der Waals surface area contributed by atoms with Crippen molar-refractivity contribution < 1.29 is 54.2 Å². The molecule has 2 amide bonds. The van der Waals surface area contributed by atoms with E-state index in [1.807, 2.05) is 0 Å². The van der Waals surface area contributed by atoms with Crippen LogP contribution in [0.5, 0.6) is 17.2 Å². The van der Waals surface area contributed by atoms with Gasteiger partial charge in [-0.15, -0.1) is 11.8 Å². The molecule has 2 aromatic carbocycles. The minimum atomic E-state index is -1.51. The smallest absolute Gasteiger partial charge is 0.322 e. The number of carbonyl (C=O) groups excluding carboxylic acids is 3. The summed E-state index contributed by atoms with van der Waals surface area (Å²) in [5, 5.41) is 52.2. The number of carboxylic acid groups (broad SMARTS) is 2. The van der Waals surface area contributed by atoms with Crippen LogP contribution >= 0.6 is 11.8 Å². The molecule has 0 radical (unpaired) electrons. The molecule has 4 unspecified atom stereocenters. The van der Waals surface area contributed by atoms with Crippen LogP contribution < -0.4 is 21.1 Å². The zero-order valence-corrected chi connectivity index (χ0v) is 22.7. The van der Waals surface area contributed by atoms with Crippen LogP contribution in [0.4, 0.5) is 0 Å². The van der Waals surface area contributed by atoms with Gasteiger partial charge in [0.15, 0.2) is 5.78 Å². The molecule has 0 saturated heterocycles. The van der Waals surface area contributed by atoms with Gasteiger partial charge in [0.25, 0.3) is 0 Å². The van der Waals surface area contributed by atoms with Crippen LogP contribution in [0.25, 0.3) is 0 Å². The number of rotatable bonds is 16. The van der Waals surface area contributed by atoms with Gasteiger partial charge < -0.3 is 46.6 Å². The first kappa shape index (κ1) is 32.9. The van der Waals surface area contributed by atoms with Crippen molar-refractivity contribution in [3.8, 4) is 17.2 Å². The Morgan fingerprint density at radius 3 is 2.27 bits per heavy atom. The first-order valence-corrected chi connectivity index (χ1v) is 13.2. The third kappa shape index (κ3) is 9.97. The van der Waals surface area contributed by atoms with Crippen molar-refractivity contribution in [1.82, 2.24) is 10.6 Å². The second-order valence-corrected chi connectivity index (χ2v) is 9.93. The highest BCUT2D eigenvalue weighted by atomic mass is 32.2. The molecule has 222 valence electrons. The average molecular weight is 594 g/mol. The Balaban J connectivity index is 2.35. The maximum Gasteiger partial charge on any atom is 0.322 e. The number of thioether (sulfide) groups is 1. The van der Waals surface area contributed by atoms with Gasteiger partial charge in [0.05, 0.1) is 24.0 Å². The Bertz CT molecular complexity index is 1260. The second-order valence-electron chi connectivity index (χ2n) is 8.75. The van der Waals surface area contributed by atoms with Crippen molar-refractivity contribution in [3.63, 3.8) is 0 Å². The van der Waals surface area contributed by atoms with E-state index < -0.39 is 65.3 Å². The van der Waals surface area contributed by atoms with Crippen molar-refractivity contribution in [2.75, 3.05) is 19.4 Å². The molecule has 0 saturated carbocycles. The summed E-state index contributed by atoms with van der Waals surface area (Å²) in [6.07, 6.45) is -2.12. The molecule has 14 nitrogen and oxygen atoms in total. The number of aliphatic hydroxyl groups excluding tert-OH is 1. The van der Waals surface area contributed by atoms with Crippen molar-refractivity contribution >= 4 is 41.3 Å². The van der Waals surface area contributed by atoms with Crippen molar-refractivity contribution in [2.45, 2.75) is 36.3 Å². The normalized spacial score (nSPS) is 13.7. The quantitative estimate of drug-likeness (QED) is 0.0944. The summed E-state index contributed by atoms with van der Waals surface area (Å²) in [5.74, 6) is -5.85. The van der Waals surface area contributed by atoms with Gasteiger partial charge in [0.2, 0.25) is 11.8 Å². The third-order valence-corrected chi connectivity index (χ3v) is 7.11. The van der Waals surface area contributed by atoms with Gasteiger partial charge in [0, 0.05) is 12.2 Å². The summed E-state index contributed by atoms with van der Waals surface area (Å²) >= 11 is 0.729. The van der Waals surface area contributed by atoms with Crippen LogP contribution in [0.2, 0.25) is 0 Å². The number of ether oxygens (including phenoxy) is 1. The van der Waals surface area contributed by atoms with Crippen LogP contribution in [-0.4, -0.2) is 91.8 Å². The van der Waals surface area contributed by atoms with Crippen LogP contribution in [0.15, 0.2) is 42.5 Å². The predicted octanol–water partition coefficient (Wildman–Crippen LogP) is 0.00220. The lowest BCUT2D eigenvalue weighted by Crippen LogP contribution is -2.50. The van der Waals surface area contributed by atoms with Gasteiger partial charge in [-0.05, 0) is 42.3 Å². The Morgan fingerprint density at radius 1 is 1.02 bits per heavy atom. The standard InChI is InChI=1S/C26H31N3O11S/c1-40-15-5-2-13(3-6-15)22(35)24(23(36)16-10-14(30)4-8-19(16)31)41-12-18(25(37)28-11-21(33)34)29-20(32)9-7-17(27)26(38)39/h2-6,8,10,17-18,22,24,30-31,35H,7,9,11-12,27H2,1H3,(H,28,37)(H,29,32)(H,33,34)(H,38,39). The Hall–Kier alpha value is -4.34. The summed E-state index contributed by atoms with van der Waals surface area (Å²) in [5.41, 5.74) is 5.37. The number of phenolic OH excluding ortho intramolecular Hbond substituents is 2. The molecule has 0 aliphatic carbocycles. The number of aliphatic carboxylic acids is 2. The lowest BCUT2D eigenvalue weighted by Gasteiger charge is -2.25. The maximum absolute atomic E-state index is 13.5. The molecule has 0 fully saturated rings. The first-order chi connectivity index (χ1) is 19.3. The van der Waals surface area contributed by atoms with E-state index in [2.05, 4.69) is 10.6 Å². The van der Waals surface area contributed by atoms with Crippen LogP contribution in [-0.2, 0) is 19.2 Å². The fraction of sp³-hybridized carbons (Fsp3) is 0.346. The van der Waals surface area contributed by atoms with E-state index in [9.17, 15) is 39.3 Å². The number of Topliss-reactive ketones (excluding diaryl/α,β-unsaturated/α-hetero) is 1. The minimum Gasteiger partial charge on any atom is -0.508 e. The number of aliphatic hydroxyl groups is 1. The fourth-order valence-electron chi connectivity index (χ4n) is 3.51. The van der Waals surface area contributed by atoms with Gasteiger partial charge >= 0.3 is 11.9 Å². The van der Waals surface area contributed by atoms with Gasteiger partial charge in [0.1, 0.15) is 35.9 Å². The molecular formula is C26H31N3O11S. The lowest BCUT2D eigenvalue weighted by molar-refractivity contribution is -0.139. The molecule has 41 heavy (non-hydrogen) atoms. The molecule has 2 rings (SSSR count). The van der Waals surface area contributed by atoms with E-state index in [-0.39, 0.29) is 35.5 Å². The Labute approximate surface area is 238 Å². The number of nitrogens with one attached hydrogen (secondary N) is 2. The summed E-state index contributed by atoms with van der Waals surface area (Å²) in [7, 11) is 1.44. The van der Waals surface area contributed by atoms with E-state index in [1.54, 1.807) is 12.1 Å². The van der Waals surface area contributed by atoms with Crippen molar-refractivity contribution in [2.24, 2.45) is 5.73 Å². The van der Waals surface area contributed by atoms with Gasteiger partial charge in [-0.3, -0.25) is 24.0 Å². The molecule has 0 aliphatic rings. The van der Waals surface area contributed by atoms with Gasteiger partial charge in [-0.25, -0.2) is 0 Å². The summed E-state index contributed by atoms with van der Waals surface area (Å²) < 4.78 is 5.10. The zero-order chi connectivity index (χ0) is 30.7. The highest BCUT2D eigenvalue weighted by Crippen LogP contribution is 2.34. The Kier molecular flexibility index (Phi) is 12.4. The molecule has 4 atom stereocenters. The van der Waals surface area contributed by atoms with Gasteiger partial charge in [-0.2, -0.15) is 0 Å². The molecule has 0 spiro atoms. The predicted molar refractivity (Wildman–Crippen MR) is 146 cm³/mol. The SMILES string of the molecule is COc1ccc(C(O)C(SCC(NC(=O)CCC(N)C(=O)O)C(=O)NCC(=O)O)C(=O)c2cc(O)ccc2O)cc1. The largest absolute Gasteiger partial charge is 0.508 e. The average Bonchev–Trinajstić information content (AvgIpc) is 2.94. The van der Waals surface area contributed by atoms with E-state index >= 15 is 0 Å². The first-order valence-electron chi connectivity index (χ1n) is 12.1. The third-order valence-electron chi connectivity index (χ3n) is 5.76. The number of benzene rings is 2. The molecule has 0 aliphatic heterocycles. The number of carbonyl (C=O) groups is 5. The highest BCUT2D eigenvalue weighted by Gasteiger charge is 2.33. The van der Waals surface area contributed by atoms with E-state index in [1.165, 1.54) is 19.2 Å². The van der Waals surface area contributed by atoms with Gasteiger partial charge in [-0.1, -0.05) is 12.1 Å². The number of amides is 2. The molecule has 0 aromatic heterocycles. The number of carboxylic acids is 2. The monoisotopic (exact) mass is 593 g/mol. The second kappa shape index (κ2) is 15.4. The summed E-state index contributed by atoms with van der Waals surface area (Å²) in [4.78, 5) is 60.6. The number of phenols is 2. The minimum absolute atomic E-state index is 0.244. The topological polar surface area (TPSA) is 246 Å². The molecular weight excluding hydrogens is 562 g/mol. The number of ketones is 1. The number of hydrogen-bond acceptors (Lipinski definition) is 11. The van der Waals surface area contributed by atoms with Crippen LogP contribution in [0.3, 0.4) is 0 Å². The molecule has 9 N–H and O–H groups in total. The number of methoxy groups -OCH3 is 1. The molecule has 0 heterocycles. The maximum atomic E-state index is 13.5. The summed E-state index contributed by atoms with van der Waals surface area (Å²) in [6.45, 7) is -0.770. The Morgan fingerprint density at radius 2 is 1.68 bits per heavy atom. The zero-order valence-electron chi connectivity index (χ0n) is 21.9. The number of aromatic hydroxyl groups is 2. The van der Waals surface area contributed by atoms with E-state index in [0.717, 1.165) is 30.0 Å². The van der Waals surface area contributed by atoms with Crippen LogP contribution in [0.1, 0.15) is 34.9 Å². The lowest BCUT2D eigenvalue weighted by atomic mass is 9.98. The molecule has 0 bridgehead atoms. The van der Waals surface area contributed by atoms with E-state index in [4.69, 9.17) is 20.7 Å². The summed E-state index contributed by atoms with van der Waals surface area (Å²) in [6, 6.07) is 6.60. The molecule has 2 aromatic rings. The fourth-order valence-corrected chi connectivity index (χ4v) is 4.76. The number of nitrogens with two attached hydrogens (primary N) is 1. The van der Waals surface area contributed by atoms with E-state index in [0.29, 0.717) is 5.75 Å². The number of hydrogen-bond donors (Lipinski definition) is 8. The van der Waals surface area contributed by atoms with Crippen molar-refractivity contribution in [1.29, 1.82) is 0 Å². The van der Waals surface area contributed by atoms with Crippen LogP contribution in [0, 0.1) is 0 Å². The molecule has 15 heteroatoms.